The van der Waals surface area contributed by atoms with Gasteiger partial charge in [0.1, 0.15) is 18.9 Å². The fourth-order valence-corrected chi connectivity index (χ4v) is 3.38. The maximum Gasteiger partial charge on any atom is 0.325 e. The lowest BCUT2D eigenvalue weighted by Crippen LogP contribution is -2.30. The molecule has 0 bridgehead atoms. The van der Waals surface area contributed by atoms with Crippen molar-refractivity contribution >= 4 is 33.3 Å². The molecule has 6 heteroatoms. The van der Waals surface area contributed by atoms with Crippen molar-refractivity contribution < 1.29 is 19.1 Å². The number of ether oxygens (including phenoxy) is 2. The Morgan fingerprint density at radius 2 is 1.84 bits per heavy atom. The van der Waals surface area contributed by atoms with Gasteiger partial charge in [0.2, 0.25) is 0 Å². The van der Waals surface area contributed by atoms with E-state index < -0.39 is 5.97 Å². The zero-order valence-corrected chi connectivity index (χ0v) is 14.5. The molecule has 1 heterocycles. The molecule has 0 aliphatic carbocycles. The third kappa shape index (κ3) is 3.97. The molecule has 0 saturated carbocycles. The van der Waals surface area contributed by atoms with Crippen molar-refractivity contribution in [2.24, 2.45) is 0 Å². The molecule has 0 atom stereocenters. The summed E-state index contributed by atoms with van der Waals surface area (Å²) in [7, 11) is 1.49. The Kier molecular flexibility index (Phi) is 5.30. The Bertz CT molecular complexity index is 903. The van der Waals surface area contributed by atoms with Gasteiger partial charge in [0, 0.05) is 10.3 Å². The molecule has 0 saturated heterocycles. The van der Waals surface area contributed by atoms with Crippen molar-refractivity contribution in [2.75, 3.05) is 13.7 Å². The molecule has 1 amide bonds. The van der Waals surface area contributed by atoms with E-state index in [9.17, 15) is 9.59 Å². The molecule has 5 nitrogen and oxygen atoms in total. The molecular formula is C19H17NO4S. The van der Waals surface area contributed by atoms with Crippen LogP contribution in [0.25, 0.3) is 10.1 Å². The summed E-state index contributed by atoms with van der Waals surface area (Å²) in [5, 5.41) is 5.61. The van der Waals surface area contributed by atoms with Crippen LogP contribution in [-0.2, 0) is 16.1 Å². The van der Waals surface area contributed by atoms with Gasteiger partial charge >= 0.3 is 5.97 Å². The van der Waals surface area contributed by atoms with Crippen LogP contribution in [-0.4, -0.2) is 25.5 Å². The van der Waals surface area contributed by atoms with Gasteiger partial charge in [0.15, 0.2) is 0 Å². The monoisotopic (exact) mass is 355 g/mol. The molecular weight excluding hydrogens is 338 g/mol. The van der Waals surface area contributed by atoms with E-state index in [0.717, 1.165) is 15.6 Å². The number of carbonyl (C=O) groups excluding carboxylic acids is 2. The lowest BCUT2D eigenvalue weighted by molar-refractivity contribution is -0.143. The highest BCUT2D eigenvalue weighted by Gasteiger charge is 2.13. The largest absolute Gasteiger partial charge is 0.496 e. The smallest absolute Gasteiger partial charge is 0.325 e. The fraction of sp³-hybridized carbons (Fsp3) is 0.158. The number of hydrogen-bond acceptors (Lipinski definition) is 5. The summed E-state index contributed by atoms with van der Waals surface area (Å²) in [6.45, 7) is -0.00761. The summed E-state index contributed by atoms with van der Waals surface area (Å²) < 4.78 is 11.5. The Balaban J connectivity index is 1.54. The number of methoxy groups -OCH3 is 1. The highest BCUT2D eigenvalue weighted by Crippen LogP contribution is 2.26. The molecule has 2 aromatic carbocycles. The van der Waals surface area contributed by atoms with Crippen LogP contribution in [0.1, 0.15) is 15.9 Å². The van der Waals surface area contributed by atoms with Gasteiger partial charge in [-0.15, -0.1) is 11.3 Å². The van der Waals surface area contributed by atoms with Gasteiger partial charge in [-0.2, -0.15) is 0 Å². The third-order valence-electron chi connectivity index (χ3n) is 3.69. The van der Waals surface area contributed by atoms with Crippen LogP contribution >= 0.6 is 11.3 Å². The number of rotatable bonds is 6. The first-order valence-electron chi connectivity index (χ1n) is 7.71. The highest BCUT2D eigenvalue weighted by atomic mass is 32.1. The van der Waals surface area contributed by atoms with Crippen LogP contribution in [0.5, 0.6) is 5.75 Å². The van der Waals surface area contributed by atoms with Crippen LogP contribution in [0.3, 0.4) is 0 Å². The number of hydrogen-bond donors (Lipinski definition) is 1. The summed E-state index contributed by atoms with van der Waals surface area (Å²) in [4.78, 5) is 24.0. The van der Waals surface area contributed by atoms with Gasteiger partial charge in [-0.1, -0.05) is 30.3 Å². The molecule has 0 aliphatic heterocycles. The maximum atomic E-state index is 12.1. The van der Waals surface area contributed by atoms with E-state index in [4.69, 9.17) is 9.47 Å². The van der Waals surface area contributed by atoms with Crippen molar-refractivity contribution in [3.8, 4) is 5.75 Å². The average Bonchev–Trinajstić information content (AvgIpc) is 3.07. The fourth-order valence-electron chi connectivity index (χ4n) is 2.43. The Morgan fingerprint density at radius 1 is 1.08 bits per heavy atom. The van der Waals surface area contributed by atoms with Crippen molar-refractivity contribution in [2.45, 2.75) is 6.61 Å². The topological polar surface area (TPSA) is 64.6 Å². The number of carbonyl (C=O) groups is 2. The number of fused-ring (bicyclic) bond motifs is 1. The quantitative estimate of drug-likeness (QED) is 0.689. The summed E-state index contributed by atoms with van der Waals surface area (Å²) in [5.74, 6) is -0.410. The number of nitrogens with one attached hydrogen (secondary N) is 1. The molecule has 25 heavy (non-hydrogen) atoms. The molecule has 1 aromatic heterocycles. The Labute approximate surface area is 149 Å². The molecule has 0 spiro atoms. The van der Waals surface area contributed by atoms with E-state index >= 15 is 0 Å². The molecule has 0 unspecified atom stereocenters. The molecule has 1 N–H and O–H groups in total. The Hall–Kier alpha value is -2.86. The standard InChI is InChI=1S/C19H17NO4S/c1-23-16-8-4-2-7-15(16)19(22)20-10-18(21)24-11-13-12-25-17-9-5-3-6-14(13)17/h2-9,12H,10-11H2,1H3,(H,20,22). The zero-order chi connectivity index (χ0) is 17.6. The lowest BCUT2D eigenvalue weighted by Gasteiger charge is -2.09. The SMILES string of the molecule is COc1ccccc1C(=O)NCC(=O)OCc1csc2ccccc12. The predicted octanol–water partition coefficient (Wildman–Crippen LogP) is 3.38. The van der Waals surface area contributed by atoms with Gasteiger partial charge in [0.25, 0.3) is 5.91 Å². The summed E-state index contributed by atoms with van der Waals surface area (Å²) in [5.41, 5.74) is 1.34. The first kappa shape index (κ1) is 17.0. The van der Waals surface area contributed by atoms with Crippen molar-refractivity contribution in [1.82, 2.24) is 5.32 Å². The first-order valence-corrected chi connectivity index (χ1v) is 8.59. The summed E-state index contributed by atoms with van der Waals surface area (Å²) in [6.07, 6.45) is 0. The van der Waals surface area contributed by atoms with Gasteiger partial charge in [-0.25, -0.2) is 0 Å². The van der Waals surface area contributed by atoms with Gasteiger partial charge in [0.05, 0.1) is 12.7 Å². The Morgan fingerprint density at radius 3 is 2.68 bits per heavy atom. The van der Waals surface area contributed by atoms with E-state index in [2.05, 4.69) is 5.32 Å². The van der Waals surface area contributed by atoms with E-state index in [0.29, 0.717) is 11.3 Å². The molecule has 3 aromatic rings. The number of benzene rings is 2. The number of para-hydroxylation sites is 1. The van der Waals surface area contributed by atoms with Crippen molar-refractivity contribution in [3.05, 3.63) is 65.0 Å². The second-order valence-corrected chi connectivity index (χ2v) is 6.21. The van der Waals surface area contributed by atoms with Crippen LogP contribution < -0.4 is 10.1 Å². The van der Waals surface area contributed by atoms with Crippen LogP contribution in [0, 0.1) is 0 Å². The summed E-state index contributed by atoms with van der Waals surface area (Å²) >= 11 is 1.61. The minimum absolute atomic E-state index is 0.188. The molecule has 0 aliphatic rings. The molecule has 0 fully saturated rings. The van der Waals surface area contributed by atoms with Gasteiger partial charge in [-0.05, 0) is 29.0 Å². The number of esters is 1. The van der Waals surface area contributed by atoms with Crippen LogP contribution in [0.4, 0.5) is 0 Å². The minimum Gasteiger partial charge on any atom is -0.496 e. The normalized spacial score (nSPS) is 10.4. The first-order chi connectivity index (χ1) is 12.2. The highest BCUT2D eigenvalue weighted by molar-refractivity contribution is 7.17. The van der Waals surface area contributed by atoms with Gasteiger partial charge in [-0.3, -0.25) is 9.59 Å². The second-order valence-electron chi connectivity index (χ2n) is 5.30. The number of thiophene rings is 1. The third-order valence-corrected chi connectivity index (χ3v) is 4.71. The van der Waals surface area contributed by atoms with Crippen molar-refractivity contribution in [3.63, 3.8) is 0 Å². The van der Waals surface area contributed by atoms with E-state index in [1.807, 2.05) is 29.6 Å². The lowest BCUT2D eigenvalue weighted by atomic mass is 10.2. The average molecular weight is 355 g/mol. The minimum atomic E-state index is -0.487. The van der Waals surface area contributed by atoms with Crippen LogP contribution in [0.2, 0.25) is 0 Å². The van der Waals surface area contributed by atoms with E-state index in [-0.39, 0.29) is 19.1 Å². The molecule has 3 rings (SSSR count). The molecule has 0 radical (unpaired) electrons. The second kappa shape index (κ2) is 7.81. The van der Waals surface area contributed by atoms with E-state index in [1.54, 1.807) is 35.6 Å². The predicted molar refractivity (Wildman–Crippen MR) is 96.9 cm³/mol. The van der Waals surface area contributed by atoms with Crippen molar-refractivity contribution in [1.29, 1.82) is 0 Å². The van der Waals surface area contributed by atoms with Gasteiger partial charge < -0.3 is 14.8 Å². The van der Waals surface area contributed by atoms with E-state index in [1.165, 1.54) is 7.11 Å². The maximum absolute atomic E-state index is 12.1. The molecule has 128 valence electrons. The zero-order valence-electron chi connectivity index (χ0n) is 13.7. The number of amides is 1. The van der Waals surface area contributed by atoms with Crippen LogP contribution in [0.15, 0.2) is 53.9 Å². The summed E-state index contributed by atoms with van der Waals surface area (Å²) in [6, 6.07) is 14.8.